The molecule has 0 saturated heterocycles. The minimum Gasteiger partial charge on any atom is -0.468 e. The lowest BCUT2D eigenvalue weighted by Gasteiger charge is -2.21. The maximum absolute atomic E-state index is 12.1. The van der Waals surface area contributed by atoms with Gasteiger partial charge in [-0.25, -0.2) is 0 Å². The van der Waals surface area contributed by atoms with Crippen LogP contribution in [0.25, 0.3) is 0 Å². The number of hydrogen-bond acceptors (Lipinski definition) is 4. The summed E-state index contributed by atoms with van der Waals surface area (Å²) < 4.78 is 4.55. The third-order valence-corrected chi connectivity index (χ3v) is 3.18. The number of nitrogens with zero attached hydrogens (tertiary/aromatic N) is 2. The van der Waals surface area contributed by atoms with Gasteiger partial charge in [-0.05, 0) is 38.1 Å². The average molecular weight is 278 g/mol. The Hall–Kier alpha value is -2.04. The summed E-state index contributed by atoms with van der Waals surface area (Å²) in [6, 6.07) is 7.41. The second-order valence-corrected chi connectivity index (χ2v) is 4.46. The fourth-order valence-corrected chi connectivity index (χ4v) is 1.95. The molecule has 0 aliphatic carbocycles. The van der Waals surface area contributed by atoms with Crippen molar-refractivity contribution in [1.29, 1.82) is 0 Å². The number of hydrogen-bond donors (Lipinski definition) is 0. The van der Waals surface area contributed by atoms with Crippen molar-refractivity contribution in [1.82, 2.24) is 4.90 Å². The number of carbonyl (C=O) groups excluding carboxylic acids is 2. The first-order valence-corrected chi connectivity index (χ1v) is 6.70. The van der Waals surface area contributed by atoms with E-state index in [9.17, 15) is 9.59 Å². The number of esters is 1. The van der Waals surface area contributed by atoms with E-state index in [-0.39, 0.29) is 12.5 Å². The summed E-state index contributed by atoms with van der Waals surface area (Å²) >= 11 is 0. The van der Waals surface area contributed by atoms with Crippen molar-refractivity contribution in [2.24, 2.45) is 0 Å². The van der Waals surface area contributed by atoms with Gasteiger partial charge in [0.15, 0.2) is 0 Å². The SMILES string of the molecule is CCN(CC)c1ccc(C(=O)N(C)CC(=O)OC)cc1. The molecule has 0 spiro atoms. The predicted octanol–water partition coefficient (Wildman–Crippen LogP) is 1.78. The van der Waals surface area contributed by atoms with Crippen molar-refractivity contribution < 1.29 is 14.3 Å². The van der Waals surface area contributed by atoms with Crippen LogP contribution in [0.1, 0.15) is 24.2 Å². The molecule has 0 heterocycles. The highest BCUT2D eigenvalue weighted by molar-refractivity contribution is 5.96. The van der Waals surface area contributed by atoms with Gasteiger partial charge in [0.2, 0.25) is 0 Å². The van der Waals surface area contributed by atoms with Crippen molar-refractivity contribution in [3.63, 3.8) is 0 Å². The number of methoxy groups -OCH3 is 1. The summed E-state index contributed by atoms with van der Waals surface area (Å²) in [4.78, 5) is 26.8. The van der Waals surface area contributed by atoms with E-state index >= 15 is 0 Å². The van der Waals surface area contributed by atoms with Crippen LogP contribution in [0, 0.1) is 0 Å². The molecule has 0 aliphatic rings. The summed E-state index contributed by atoms with van der Waals surface area (Å²) in [5.74, 6) is -0.623. The number of likely N-dealkylation sites (N-methyl/N-ethyl adjacent to an activating group) is 1. The van der Waals surface area contributed by atoms with E-state index in [1.54, 1.807) is 19.2 Å². The number of rotatable bonds is 6. The lowest BCUT2D eigenvalue weighted by atomic mass is 10.1. The first-order chi connectivity index (χ1) is 9.53. The van der Waals surface area contributed by atoms with E-state index in [4.69, 9.17) is 0 Å². The second-order valence-electron chi connectivity index (χ2n) is 4.46. The first-order valence-electron chi connectivity index (χ1n) is 6.70. The molecule has 1 amide bonds. The van der Waals surface area contributed by atoms with Gasteiger partial charge in [0, 0.05) is 31.4 Å². The van der Waals surface area contributed by atoms with Crippen LogP contribution in [0.2, 0.25) is 0 Å². The summed E-state index contributed by atoms with van der Waals surface area (Å²) in [5, 5.41) is 0. The molecule has 0 saturated carbocycles. The Balaban J connectivity index is 2.77. The third-order valence-electron chi connectivity index (χ3n) is 3.18. The molecule has 0 aliphatic heterocycles. The molecule has 1 aromatic carbocycles. The molecule has 1 rings (SSSR count). The van der Waals surface area contributed by atoms with E-state index in [2.05, 4.69) is 23.5 Å². The van der Waals surface area contributed by atoms with Crippen LogP contribution in [0.3, 0.4) is 0 Å². The lowest BCUT2D eigenvalue weighted by molar-refractivity contribution is -0.141. The molecule has 0 aromatic heterocycles. The van der Waals surface area contributed by atoms with Crippen LogP contribution in [0.4, 0.5) is 5.69 Å². The zero-order valence-electron chi connectivity index (χ0n) is 12.5. The Kier molecular flexibility index (Phi) is 6.03. The van der Waals surface area contributed by atoms with Crippen LogP contribution in [-0.4, -0.2) is 50.6 Å². The van der Waals surface area contributed by atoms with E-state index in [0.29, 0.717) is 5.56 Å². The molecular weight excluding hydrogens is 256 g/mol. The highest BCUT2D eigenvalue weighted by Crippen LogP contribution is 2.15. The summed E-state index contributed by atoms with van der Waals surface area (Å²) in [7, 11) is 2.89. The fourth-order valence-electron chi connectivity index (χ4n) is 1.95. The van der Waals surface area contributed by atoms with E-state index in [1.807, 2.05) is 12.1 Å². The van der Waals surface area contributed by atoms with Crippen molar-refractivity contribution in [3.05, 3.63) is 29.8 Å². The standard InChI is InChI=1S/C15H22N2O3/c1-5-17(6-2)13-9-7-12(8-10-13)15(19)16(3)11-14(18)20-4/h7-10H,5-6,11H2,1-4H3. The average Bonchev–Trinajstić information content (AvgIpc) is 2.48. The number of ether oxygens (including phenoxy) is 1. The summed E-state index contributed by atoms with van der Waals surface area (Å²) in [5.41, 5.74) is 1.65. The molecule has 0 radical (unpaired) electrons. The monoisotopic (exact) mass is 278 g/mol. The Labute approximate surface area is 120 Å². The van der Waals surface area contributed by atoms with Crippen LogP contribution >= 0.6 is 0 Å². The highest BCUT2D eigenvalue weighted by atomic mass is 16.5. The lowest BCUT2D eigenvalue weighted by Crippen LogP contribution is -2.32. The Morgan fingerprint density at radius 2 is 1.65 bits per heavy atom. The number of benzene rings is 1. The Morgan fingerprint density at radius 1 is 1.10 bits per heavy atom. The zero-order valence-corrected chi connectivity index (χ0v) is 12.5. The molecule has 5 nitrogen and oxygen atoms in total. The predicted molar refractivity (Wildman–Crippen MR) is 79.0 cm³/mol. The van der Waals surface area contributed by atoms with Gasteiger partial charge in [-0.2, -0.15) is 0 Å². The molecule has 0 unspecified atom stereocenters. The molecule has 0 atom stereocenters. The maximum Gasteiger partial charge on any atom is 0.325 e. The van der Waals surface area contributed by atoms with Gasteiger partial charge in [-0.3, -0.25) is 9.59 Å². The third kappa shape index (κ3) is 3.98. The molecule has 0 N–H and O–H groups in total. The van der Waals surface area contributed by atoms with Crippen molar-refractivity contribution in [3.8, 4) is 0 Å². The van der Waals surface area contributed by atoms with Crippen molar-refractivity contribution in [2.45, 2.75) is 13.8 Å². The van der Waals surface area contributed by atoms with E-state index < -0.39 is 5.97 Å². The van der Waals surface area contributed by atoms with Gasteiger partial charge >= 0.3 is 5.97 Å². The first kappa shape index (κ1) is 16.0. The Morgan fingerprint density at radius 3 is 2.10 bits per heavy atom. The highest BCUT2D eigenvalue weighted by Gasteiger charge is 2.15. The van der Waals surface area contributed by atoms with Gasteiger partial charge in [0.25, 0.3) is 5.91 Å². The minimum atomic E-state index is -0.430. The van der Waals surface area contributed by atoms with Crippen LogP contribution in [0.15, 0.2) is 24.3 Å². The van der Waals surface area contributed by atoms with Crippen molar-refractivity contribution in [2.75, 3.05) is 38.7 Å². The Bertz CT molecular complexity index is 453. The molecule has 0 bridgehead atoms. The van der Waals surface area contributed by atoms with E-state index in [1.165, 1.54) is 12.0 Å². The van der Waals surface area contributed by atoms with E-state index in [0.717, 1.165) is 18.8 Å². The molecule has 0 fully saturated rings. The summed E-state index contributed by atoms with van der Waals surface area (Å²) in [6.07, 6.45) is 0. The quantitative estimate of drug-likeness (QED) is 0.744. The fraction of sp³-hybridized carbons (Fsp3) is 0.467. The minimum absolute atomic E-state index is 0.0485. The van der Waals surface area contributed by atoms with Gasteiger partial charge in [0.1, 0.15) is 6.54 Å². The number of amides is 1. The van der Waals surface area contributed by atoms with Gasteiger partial charge in [-0.1, -0.05) is 0 Å². The largest absolute Gasteiger partial charge is 0.468 e. The summed E-state index contributed by atoms with van der Waals surface area (Å²) in [6.45, 7) is 5.98. The van der Waals surface area contributed by atoms with Crippen LogP contribution < -0.4 is 4.90 Å². The topological polar surface area (TPSA) is 49.9 Å². The van der Waals surface area contributed by atoms with Gasteiger partial charge in [0.05, 0.1) is 7.11 Å². The van der Waals surface area contributed by atoms with Crippen molar-refractivity contribution >= 4 is 17.6 Å². The molecule has 5 heteroatoms. The van der Waals surface area contributed by atoms with Gasteiger partial charge in [-0.15, -0.1) is 0 Å². The molecule has 20 heavy (non-hydrogen) atoms. The van der Waals surface area contributed by atoms with Crippen LogP contribution in [-0.2, 0) is 9.53 Å². The second kappa shape index (κ2) is 7.53. The smallest absolute Gasteiger partial charge is 0.325 e. The molecule has 110 valence electrons. The zero-order chi connectivity index (χ0) is 15.1. The molecular formula is C15H22N2O3. The van der Waals surface area contributed by atoms with Crippen LogP contribution in [0.5, 0.6) is 0 Å². The van der Waals surface area contributed by atoms with Gasteiger partial charge < -0.3 is 14.5 Å². The number of carbonyl (C=O) groups is 2. The normalized spacial score (nSPS) is 10.0. The maximum atomic E-state index is 12.1. The number of anilines is 1. The molecule has 1 aromatic rings.